The molecule has 3 aromatic carbocycles. The van der Waals surface area contributed by atoms with E-state index < -0.39 is 0 Å². The van der Waals surface area contributed by atoms with Gasteiger partial charge < -0.3 is 9.64 Å². The normalized spacial score (nSPS) is 9.71. The highest BCUT2D eigenvalue weighted by molar-refractivity contribution is 7.98. The van der Waals surface area contributed by atoms with Crippen LogP contribution in [0.15, 0.2) is 71.6 Å². The lowest BCUT2D eigenvalue weighted by atomic mass is 9.97. The Labute approximate surface area is 216 Å². The van der Waals surface area contributed by atoms with Gasteiger partial charge in [-0.3, -0.25) is 0 Å². The second-order valence-electron chi connectivity index (χ2n) is 7.63. The number of terminal acetylenes is 1. The first-order valence-electron chi connectivity index (χ1n) is 12.2. The summed E-state index contributed by atoms with van der Waals surface area (Å²) in [6, 6.07) is 22.0. The summed E-state index contributed by atoms with van der Waals surface area (Å²) in [5.74, 6) is 2.97. The molecule has 0 unspecified atom stereocenters. The number of carbonyl (C=O) groups excluding carboxylic acids is 1. The minimum absolute atomic E-state index is 0.363. The molecule has 0 aliphatic heterocycles. The lowest BCUT2D eigenvalue weighted by molar-refractivity contribution is 0.0601. The average molecular weight is 490 g/mol. The van der Waals surface area contributed by atoms with Crippen LogP contribution in [-0.4, -0.2) is 25.9 Å². The molecule has 0 radical (unpaired) electrons. The summed E-state index contributed by atoms with van der Waals surface area (Å²) in [4.78, 5) is 15.5. The van der Waals surface area contributed by atoms with Gasteiger partial charge in [-0.15, -0.1) is 18.2 Å². The van der Waals surface area contributed by atoms with Crippen LogP contribution in [0, 0.1) is 18.3 Å². The first-order chi connectivity index (χ1) is 17.0. The fourth-order valence-corrected chi connectivity index (χ4v) is 4.16. The molecule has 0 bridgehead atoms. The van der Waals surface area contributed by atoms with Gasteiger partial charge in [-0.05, 0) is 59.7 Å². The van der Waals surface area contributed by atoms with E-state index in [4.69, 9.17) is 11.2 Å². The van der Waals surface area contributed by atoms with Crippen LogP contribution >= 0.6 is 11.8 Å². The molecule has 0 saturated heterocycles. The quantitative estimate of drug-likeness (QED) is 0.189. The molecule has 0 heterocycles. The predicted octanol–water partition coefficient (Wildman–Crippen LogP) is 8.69. The van der Waals surface area contributed by atoms with Crippen molar-refractivity contribution < 1.29 is 9.53 Å². The van der Waals surface area contributed by atoms with E-state index in [9.17, 15) is 4.79 Å². The van der Waals surface area contributed by atoms with E-state index >= 15 is 0 Å². The van der Waals surface area contributed by atoms with Gasteiger partial charge in [-0.2, -0.15) is 0 Å². The zero-order valence-corrected chi connectivity index (χ0v) is 23.2. The maximum atomic E-state index is 12.0. The number of para-hydroxylation sites is 1. The van der Waals surface area contributed by atoms with Gasteiger partial charge in [0.25, 0.3) is 0 Å². The molecular weight excluding hydrogens is 450 g/mol. The maximum absolute atomic E-state index is 12.0. The van der Waals surface area contributed by atoms with Crippen LogP contribution in [-0.2, 0) is 4.74 Å². The molecule has 4 heteroatoms. The van der Waals surface area contributed by atoms with E-state index in [0.29, 0.717) is 11.5 Å². The molecule has 186 valence electrons. The van der Waals surface area contributed by atoms with Gasteiger partial charge in [-0.1, -0.05) is 77.8 Å². The smallest absolute Gasteiger partial charge is 0.337 e. The van der Waals surface area contributed by atoms with Gasteiger partial charge in [0, 0.05) is 22.7 Å². The third-order valence-corrected chi connectivity index (χ3v) is 5.74. The minimum atomic E-state index is -0.363. The Balaban J connectivity index is 0.00000145. The van der Waals surface area contributed by atoms with E-state index in [2.05, 4.69) is 67.3 Å². The number of benzene rings is 3. The number of methoxy groups -OCH3 is 1. The number of carbonyl (C=O) groups is 1. The van der Waals surface area contributed by atoms with Crippen molar-refractivity contribution in [3.8, 4) is 23.5 Å². The van der Waals surface area contributed by atoms with E-state index in [1.807, 2.05) is 52.0 Å². The Kier molecular flexibility index (Phi) is 13.4. The van der Waals surface area contributed by atoms with Crippen LogP contribution in [0.4, 0.5) is 11.4 Å². The highest BCUT2D eigenvalue weighted by Gasteiger charge is 2.18. The first-order valence-corrected chi connectivity index (χ1v) is 13.4. The number of rotatable bonds is 7. The first kappa shape index (κ1) is 29.9. The highest BCUT2D eigenvalue weighted by atomic mass is 32.2. The van der Waals surface area contributed by atoms with E-state index in [1.165, 1.54) is 7.11 Å². The summed E-state index contributed by atoms with van der Waals surface area (Å²) >= 11 is 1.69. The fourth-order valence-electron chi connectivity index (χ4n) is 3.55. The average Bonchev–Trinajstić information content (AvgIpc) is 2.93. The van der Waals surface area contributed by atoms with Gasteiger partial charge in [0.05, 0.1) is 18.4 Å². The van der Waals surface area contributed by atoms with Crippen molar-refractivity contribution in [1.29, 1.82) is 0 Å². The van der Waals surface area contributed by atoms with Crippen molar-refractivity contribution in [2.75, 3.05) is 24.8 Å². The van der Waals surface area contributed by atoms with Crippen LogP contribution in [0.1, 0.15) is 57.5 Å². The Morgan fingerprint density at radius 3 is 2.20 bits per heavy atom. The molecule has 0 fully saturated rings. The Morgan fingerprint density at radius 2 is 1.66 bits per heavy atom. The molecule has 0 N–H and O–H groups in total. The number of anilines is 2. The second kappa shape index (κ2) is 15.7. The molecule has 0 aliphatic rings. The van der Waals surface area contributed by atoms with Crippen molar-refractivity contribution in [1.82, 2.24) is 0 Å². The third-order valence-electron chi connectivity index (χ3n) is 4.98. The molecular formula is C31H39NO2S. The van der Waals surface area contributed by atoms with Crippen LogP contribution < -0.4 is 4.90 Å². The van der Waals surface area contributed by atoms with Crippen molar-refractivity contribution in [2.24, 2.45) is 5.92 Å². The molecule has 0 atom stereocenters. The van der Waals surface area contributed by atoms with Crippen molar-refractivity contribution in [2.45, 2.75) is 46.4 Å². The number of ether oxygens (including phenoxy) is 1. The highest BCUT2D eigenvalue weighted by Crippen LogP contribution is 2.39. The summed E-state index contributed by atoms with van der Waals surface area (Å²) in [6.45, 7) is 13.3. The zero-order valence-electron chi connectivity index (χ0n) is 22.4. The molecule has 3 aromatic rings. The molecule has 0 aliphatic carbocycles. The molecule has 0 aromatic heterocycles. The SMILES string of the molecule is C#Cc1cc(N(CC(C)C)c2ccccc2)c(SC)cc1-c1cccc(C(=O)OC)c1.CC.CC. The van der Waals surface area contributed by atoms with Gasteiger partial charge in [0.15, 0.2) is 0 Å². The molecule has 3 rings (SSSR count). The summed E-state index contributed by atoms with van der Waals surface area (Å²) in [5, 5.41) is 0. The Bertz CT molecular complexity index is 1100. The standard InChI is InChI=1S/C27H27NO2S.2C2H6/c1-6-20-16-25(28(18-19(2)3)23-13-8-7-9-14-23)26(31-5)17-24(20)21-11-10-12-22(15-21)27(29)30-4;2*1-2/h1,7-17,19H,18H2,2-5H3;2*1-2H3. The topological polar surface area (TPSA) is 29.5 Å². The second-order valence-corrected chi connectivity index (χ2v) is 8.47. The number of esters is 1. The number of hydrogen-bond acceptors (Lipinski definition) is 4. The van der Waals surface area contributed by atoms with Crippen molar-refractivity contribution in [3.63, 3.8) is 0 Å². The van der Waals surface area contributed by atoms with E-state index in [-0.39, 0.29) is 5.97 Å². The fraction of sp³-hybridized carbons (Fsp3) is 0.323. The van der Waals surface area contributed by atoms with Gasteiger partial charge in [-0.25, -0.2) is 4.79 Å². The van der Waals surface area contributed by atoms with Crippen molar-refractivity contribution >= 4 is 29.1 Å². The number of thioether (sulfide) groups is 1. The maximum Gasteiger partial charge on any atom is 0.337 e. The third kappa shape index (κ3) is 7.94. The Hall–Kier alpha value is -3.16. The molecule has 3 nitrogen and oxygen atoms in total. The molecule has 35 heavy (non-hydrogen) atoms. The van der Waals surface area contributed by atoms with E-state index in [1.54, 1.807) is 17.8 Å². The lowest BCUT2D eigenvalue weighted by Gasteiger charge is -2.29. The molecule has 0 amide bonds. The van der Waals surface area contributed by atoms with Crippen LogP contribution in [0.5, 0.6) is 0 Å². The molecule has 0 saturated carbocycles. The number of hydrogen-bond donors (Lipinski definition) is 0. The zero-order chi connectivity index (χ0) is 26.4. The van der Waals surface area contributed by atoms with Crippen LogP contribution in [0.3, 0.4) is 0 Å². The number of nitrogens with zero attached hydrogens (tertiary/aromatic N) is 1. The van der Waals surface area contributed by atoms with Gasteiger partial charge in [0.1, 0.15) is 0 Å². The van der Waals surface area contributed by atoms with Gasteiger partial charge in [0.2, 0.25) is 0 Å². The monoisotopic (exact) mass is 489 g/mol. The predicted molar refractivity (Wildman–Crippen MR) is 154 cm³/mol. The summed E-state index contributed by atoms with van der Waals surface area (Å²) in [7, 11) is 1.38. The summed E-state index contributed by atoms with van der Waals surface area (Å²) in [6.07, 6.45) is 8.02. The Morgan fingerprint density at radius 1 is 1.00 bits per heavy atom. The van der Waals surface area contributed by atoms with Crippen LogP contribution in [0.25, 0.3) is 11.1 Å². The summed E-state index contributed by atoms with van der Waals surface area (Å²) < 4.78 is 4.88. The van der Waals surface area contributed by atoms with Crippen molar-refractivity contribution in [3.05, 3.63) is 77.9 Å². The lowest BCUT2D eigenvalue weighted by Crippen LogP contribution is -2.23. The van der Waals surface area contributed by atoms with E-state index in [0.717, 1.165) is 39.5 Å². The summed E-state index contributed by atoms with van der Waals surface area (Å²) in [5.41, 5.74) is 5.35. The molecule has 0 spiro atoms. The van der Waals surface area contributed by atoms with Gasteiger partial charge >= 0.3 is 5.97 Å². The minimum Gasteiger partial charge on any atom is -0.465 e. The largest absolute Gasteiger partial charge is 0.465 e. The van der Waals surface area contributed by atoms with Crippen LogP contribution in [0.2, 0.25) is 0 Å².